The highest BCUT2D eigenvalue weighted by Gasteiger charge is 2.37. The molecule has 78 valence electrons. The molecule has 1 aliphatic heterocycles. The summed E-state index contributed by atoms with van der Waals surface area (Å²) in [5, 5.41) is 0. The molecule has 1 saturated heterocycles. The molecule has 1 fully saturated rings. The van der Waals surface area contributed by atoms with Crippen molar-refractivity contribution in [1.82, 2.24) is 4.90 Å². The Morgan fingerprint density at radius 1 is 1.54 bits per heavy atom. The van der Waals surface area contributed by atoms with Crippen molar-refractivity contribution >= 4 is 15.9 Å². The third-order valence-electron chi connectivity index (χ3n) is 3.16. The molecule has 0 aromatic rings. The fourth-order valence-corrected chi connectivity index (χ4v) is 2.48. The van der Waals surface area contributed by atoms with Gasteiger partial charge in [0.2, 0.25) is 0 Å². The summed E-state index contributed by atoms with van der Waals surface area (Å²) < 4.78 is 0. The quantitative estimate of drug-likeness (QED) is 0.693. The molecule has 0 amide bonds. The van der Waals surface area contributed by atoms with E-state index in [0.717, 1.165) is 5.92 Å². The van der Waals surface area contributed by atoms with E-state index in [4.69, 9.17) is 0 Å². The van der Waals surface area contributed by atoms with E-state index >= 15 is 0 Å². The maximum absolute atomic E-state index is 3.77. The molecule has 0 aliphatic carbocycles. The van der Waals surface area contributed by atoms with Gasteiger partial charge in [-0.25, -0.2) is 0 Å². The minimum absolute atomic E-state index is 0.452. The monoisotopic (exact) mass is 247 g/mol. The molecule has 2 unspecified atom stereocenters. The first kappa shape index (κ1) is 11.5. The van der Waals surface area contributed by atoms with Crippen molar-refractivity contribution in [3.63, 3.8) is 0 Å². The zero-order valence-corrected chi connectivity index (χ0v) is 10.9. The Morgan fingerprint density at radius 2 is 2.15 bits per heavy atom. The van der Waals surface area contributed by atoms with Crippen LogP contribution in [-0.2, 0) is 0 Å². The van der Waals surface area contributed by atoms with Crippen molar-refractivity contribution in [2.75, 3.05) is 19.6 Å². The first-order valence-electron chi connectivity index (χ1n) is 5.32. The minimum atomic E-state index is 0.452. The van der Waals surface area contributed by atoms with Crippen molar-refractivity contribution in [1.29, 1.82) is 0 Å². The van der Waals surface area contributed by atoms with Crippen LogP contribution in [0.25, 0.3) is 0 Å². The summed E-state index contributed by atoms with van der Waals surface area (Å²) in [6.07, 6.45) is 1.30. The summed E-state index contributed by atoms with van der Waals surface area (Å²) in [7, 11) is 0. The van der Waals surface area contributed by atoms with E-state index in [1.807, 2.05) is 0 Å². The van der Waals surface area contributed by atoms with Crippen LogP contribution in [0.3, 0.4) is 0 Å². The van der Waals surface area contributed by atoms with E-state index in [2.05, 4.69) is 48.5 Å². The van der Waals surface area contributed by atoms with Gasteiger partial charge in [0.1, 0.15) is 0 Å². The fourth-order valence-electron chi connectivity index (χ4n) is 1.92. The van der Waals surface area contributed by atoms with Crippen LogP contribution < -0.4 is 0 Å². The first-order valence-corrected chi connectivity index (χ1v) is 6.23. The van der Waals surface area contributed by atoms with Crippen molar-refractivity contribution < 1.29 is 0 Å². The lowest BCUT2D eigenvalue weighted by Gasteiger charge is -2.22. The predicted molar refractivity (Wildman–Crippen MR) is 62.4 cm³/mol. The number of hydrogen-bond acceptors (Lipinski definition) is 1. The summed E-state index contributed by atoms with van der Waals surface area (Å²) in [6.45, 7) is 13.0. The van der Waals surface area contributed by atoms with Crippen molar-refractivity contribution in [3.05, 3.63) is 0 Å². The van der Waals surface area contributed by atoms with Crippen LogP contribution in [0.1, 0.15) is 34.1 Å². The van der Waals surface area contributed by atoms with Crippen LogP contribution in [0.2, 0.25) is 0 Å². The molecule has 0 aromatic heterocycles. The summed E-state index contributed by atoms with van der Waals surface area (Å²) in [5.74, 6) is 0.841. The van der Waals surface area contributed by atoms with Crippen LogP contribution in [0, 0.1) is 11.3 Å². The number of halogens is 1. The molecule has 13 heavy (non-hydrogen) atoms. The van der Waals surface area contributed by atoms with E-state index in [-0.39, 0.29) is 0 Å². The van der Waals surface area contributed by atoms with Gasteiger partial charge < -0.3 is 4.90 Å². The Kier molecular flexibility index (Phi) is 3.82. The number of rotatable bonds is 3. The molecule has 0 bridgehead atoms. The molecule has 1 heterocycles. The molecular formula is C11H22BrN. The molecule has 0 saturated carbocycles. The third-order valence-corrected chi connectivity index (χ3v) is 4.69. The SMILES string of the molecule is CCC(C)CN1CC(Br)C(C)(C)C1. The van der Waals surface area contributed by atoms with Gasteiger partial charge in [0.25, 0.3) is 0 Å². The molecule has 2 atom stereocenters. The summed E-state index contributed by atoms with van der Waals surface area (Å²) >= 11 is 3.77. The number of hydrogen-bond donors (Lipinski definition) is 0. The number of nitrogens with zero attached hydrogens (tertiary/aromatic N) is 1. The van der Waals surface area contributed by atoms with Gasteiger partial charge in [0, 0.05) is 24.5 Å². The van der Waals surface area contributed by atoms with Crippen LogP contribution in [0.4, 0.5) is 0 Å². The Balaban J connectivity index is 2.40. The lowest BCUT2D eigenvalue weighted by atomic mass is 9.93. The Labute approximate surface area is 91.0 Å². The molecule has 1 rings (SSSR count). The van der Waals surface area contributed by atoms with Gasteiger partial charge in [0.15, 0.2) is 0 Å². The second kappa shape index (κ2) is 4.31. The second-order valence-corrected chi connectivity index (χ2v) is 6.27. The molecule has 1 nitrogen and oxygen atoms in total. The average molecular weight is 248 g/mol. The largest absolute Gasteiger partial charge is 0.301 e. The number of alkyl halides is 1. The molecule has 0 aromatic carbocycles. The van der Waals surface area contributed by atoms with Crippen LogP contribution in [0.15, 0.2) is 0 Å². The zero-order chi connectivity index (χ0) is 10.1. The van der Waals surface area contributed by atoms with Crippen molar-refractivity contribution in [3.8, 4) is 0 Å². The van der Waals surface area contributed by atoms with Gasteiger partial charge in [-0.05, 0) is 11.3 Å². The predicted octanol–water partition coefficient (Wildman–Crippen LogP) is 3.14. The highest BCUT2D eigenvalue weighted by Crippen LogP contribution is 2.35. The van der Waals surface area contributed by atoms with Crippen LogP contribution in [-0.4, -0.2) is 29.4 Å². The normalized spacial score (nSPS) is 30.7. The Morgan fingerprint density at radius 3 is 2.54 bits per heavy atom. The summed E-state index contributed by atoms with van der Waals surface area (Å²) in [4.78, 5) is 3.26. The van der Waals surface area contributed by atoms with Gasteiger partial charge in [-0.15, -0.1) is 0 Å². The maximum atomic E-state index is 3.77. The maximum Gasteiger partial charge on any atom is 0.0336 e. The molecule has 1 aliphatic rings. The fraction of sp³-hybridized carbons (Fsp3) is 1.00. The van der Waals surface area contributed by atoms with E-state index in [9.17, 15) is 0 Å². The average Bonchev–Trinajstić information content (AvgIpc) is 2.25. The highest BCUT2D eigenvalue weighted by atomic mass is 79.9. The molecule has 0 radical (unpaired) electrons. The van der Waals surface area contributed by atoms with E-state index < -0.39 is 0 Å². The smallest absolute Gasteiger partial charge is 0.0336 e. The van der Waals surface area contributed by atoms with Crippen LogP contribution >= 0.6 is 15.9 Å². The van der Waals surface area contributed by atoms with Crippen LogP contribution in [0.5, 0.6) is 0 Å². The van der Waals surface area contributed by atoms with Gasteiger partial charge in [-0.3, -0.25) is 0 Å². The molecule has 0 N–H and O–H groups in total. The highest BCUT2D eigenvalue weighted by molar-refractivity contribution is 9.09. The second-order valence-electron chi connectivity index (χ2n) is 5.16. The molecule has 0 spiro atoms. The Hall–Kier alpha value is 0.440. The van der Waals surface area contributed by atoms with E-state index in [0.29, 0.717) is 10.2 Å². The lowest BCUT2D eigenvalue weighted by molar-refractivity contribution is 0.254. The third kappa shape index (κ3) is 2.95. The van der Waals surface area contributed by atoms with Crippen molar-refractivity contribution in [2.45, 2.75) is 38.9 Å². The standard InChI is InChI=1S/C11H22BrN/c1-5-9(2)6-13-7-10(12)11(3,4)8-13/h9-10H,5-8H2,1-4H3. The topological polar surface area (TPSA) is 3.24 Å². The number of likely N-dealkylation sites (tertiary alicyclic amines) is 1. The van der Waals surface area contributed by atoms with Gasteiger partial charge in [-0.2, -0.15) is 0 Å². The molecular weight excluding hydrogens is 226 g/mol. The molecule has 2 heteroatoms. The van der Waals surface area contributed by atoms with E-state index in [1.54, 1.807) is 0 Å². The van der Waals surface area contributed by atoms with Gasteiger partial charge in [0.05, 0.1) is 0 Å². The lowest BCUT2D eigenvalue weighted by Crippen LogP contribution is -2.27. The Bertz CT molecular complexity index is 167. The van der Waals surface area contributed by atoms with E-state index in [1.165, 1.54) is 26.1 Å². The first-order chi connectivity index (χ1) is 5.95. The van der Waals surface area contributed by atoms with Gasteiger partial charge >= 0.3 is 0 Å². The van der Waals surface area contributed by atoms with Crippen molar-refractivity contribution in [2.24, 2.45) is 11.3 Å². The van der Waals surface area contributed by atoms with Gasteiger partial charge in [-0.1, -0.05) is 50.0 Å². The minimum Gasteiger partial charge on any atom is -0.301 e. The summed E-state index contributed by atoms with van der Waals surface area (Å²) in [5.41, 5.74) is 0.452. The zero-order valence-electron chi connectivity index (χ0n) is 9.31. The summed E-state index contributed by atoms with van der Waals surface area (Å²) in [6, 6.07) is 0.